The largest absolute Gasteiger partial charge is 0.510 e. The summed E-state index contributed by atoms with van der Waals surface area (Å²) in [5.41, 5.74) is 0. The van der Waals surface area contributed by atoms with Gasteiger partial charge >= 0.3 is 6.16 Å². The van der Waals surface area contributed by atoms with E-state index in [-0.39, 0.29) is 12.9 Å². The summed E-state index contributed by atoms with van der Waals surface area (Å²) in [6.45, 7) is 3.25. The molecule has 0 unspecified atom stereocenters. The van der Waals surface area contributed by atoms with Gasteiger partial charge in [0.25, 0.3) is 0 Å². The van der Waals surface area contributed by atoms with Gasteiger partial charge in [-0.15, -0.1) is 0 Å². The molecular weight excluding hydrogens is 156 g/mol. The molecule has 10 heavy (non-hydrogen) atoms. The summed E-state index contributed by atoms with van der Waals surface area (Å²) < 4.78 is 13.1. The molecule has 0 aromatic heterocycles. The quantitative estimate of drug-likeness (QED) is 0.297. The van der Waals surface area contributed by atoms with Crippen LogP contribution in [-0.2, 0) is 13.7 Å². The predicted octanol–water partition coefficient (Wildman–Crippen LogP) is 1.37. The van der Waals surface area contributed by atoms with Crippen molar-refractivity contribution in [3.63, 3.8) is 0 Å². The summed E-state index contributed by atoms with van der Waals surface area (Å²) in [6.07, 6.45) is -0.920. The molecule has 0 aliphatic rings. The van der Waals surface area contributed by atoms with Crippen LogP contribution in [0.2, 0.25) is 0 Å². The van der Waals surface area contributed by atoms with Crippen LogP contribution in [0.15, 0.2) is 0 Å². The Balaban J connectivity index is 3.26. The van der Waals surface area contributed by atoms with E-state index in [9.17, 15) is 4.79 Å². The third-order valence-corrected chi connectivity index (χ3v) is 0.667. The van der Waals surface area contributed by atoms with Crippen LogP contribution in [0.5, 0.6) is 0 Å². The molecule has 0 spiro atoms. The minimum atomic E-state index is -0.746. The van der Waals surface area contributed by atoms with Gasteiger partial charge in [0.1, 0.15) is 0 Å². The number of carbonyl (C=O) groups excluding carboxylic acids is 1. The topological polar surface area (TPSA) is 44.8 Å². The molecule has 0 atom stereocenters. The van der Waals surface area contributed by atoms with Crippen LogP contribution >= 0.6 is 12.9 Å². The van der Waals surface area contributed by atoms with E-state index in [1.165, 1.54) is 0 Å². The van der Waals surface area contributed by atoms with Crippen LogP contribution < -0.4 is 0 Å². The summed E-state index contributed by atoms with van der Waals surface area (Å²) >= 11 is 3.35. The van der Waals surface area contributed by atoms with E-state index in [2.05, 4.69) is 26.6 Å². The van der Waals surface area contributed by atoms with Crippen molar-refractivity contribution in [2.75, 3.05) is 6.79 Å². The summed E-state index contributed by atoms with van der Waals surface area (Å²) in [5.74, 6) is 0. The molecule has 0 aromatic carbocycles. The van der Waals surface area contributed by atoms with E-state index in [0.717, 1.165) is 0 Å². The van der Waals surface area contributed by atoms with Crippen LogP contribution in [0.3, 0.4) is 0 Å². The Morgan fingerprint density at radius 3 is 2.60 bits per heavy atom. The molecule has 0 radical (unpaired) electrons. The second kappa shape index (κ2) is 5.37. The highest BCUT2D eigenvalue weighted by Gasteiger charge is 2.04. The van der Waals surface area contributed by atoms with Gasteiger partial charge in [0.2, 0.25) is 6.79 Å². The summed E-state index contributed by atoms with van der Waals surface area (Å²) in [6, 6.07) is 0. The molecule has 0 fully saturated rings. The van der Waals surface area contributed by atoms with Gasteiger partial charge in [0.15, 0.2) is 0 Å². The Morgan fingerprint density at radius 2 is 2.20 bits per heavy atom. The van der Waals surface area contributed by atoms with Gasteiger partial charge in [-0.3, -0.25) is 4.18 Å². The molecular formula is C5H10O4S. The Hall–Kier alpha value is -0.420. The van der Waals surface area contributed by atoms with Crippen molar-refractivity contribution in [2.45, 2.75) is 20.0 Å². The Morgan fingerprint density at radius 1 is 1.60 bits per heavy atom. The van der Waals surface area contributed by atoms with Crippen molar-refractivity contribution in [3.05, 3.63) is 0 Å². The molecule has 0 heterocycles. The Labute approximate surface area is 65.1 Å². The number of thiol groups is 1. The number of carbonyl (C=O) groups is 1. The zero-order valence-corrected chi connectivity index (χ0v) is 6.76. The minimum absolute atomic E-state index is 0.174. The van der Waals surface area contributed by atoms with Gasteiger partial charge < -0.3 is 9.47 Å². The van der Waals surface area contributed by atoms with Gasteiger partial charge in [-0.1, -0.05) is 0 Å². The highest BCUT2D eigenvalue weighted by Crippen LogP contribution is 1.92. The highest BCUT2D eigenvalue weighted by molar-refractivity contribution is 7.75. The van der Waals surface area contributed by atoms with Gasteiger partial charge in [0, 0.05) is 0 Å². The molecule has 0 rings (SSSR count). The molecule has 0 amide bonds. The van der Waals surface area contributed by atoms with Crippen molar-refractivity contribution in [1.29, 1.82) is 0 Å². The van der Waals surface area contributed by atoms with Crippen molar-refractivity contribution in [3.8, 4) is 0 Å². The third kappa shape index (κ3) is 5.71. The molecule has 60 valence electrons. The van der Waals surface area contributed by atoms with Crippen LogP contribution in [0.1, 0.15) is 13.8 Å². The molecule has 0 saturated carbocycles. The van der Waals surface area contributed by atoms with Crippen LogP contribution in [0, 0.1) is 0 Å². The molecule has 0 aromatic rings. The first-order chi connectivity index (χ1) is 4.66. The van der Waals surface area contributed by atoms with Gasteiger partial charge in [-0.2, -0.15) is 0 Å². The lowest BCUT2D eigenvalue weighted by molar-refractivity contribution is -0.00142. The number of ether oxygens (including phenoxy) is 2. The zero-order chi connectivity index (χ0) is 7.98. The second-order valence-electron chi connectivity index (χ2n) is 1.81. The first kappa shape index (κ1) is 9.58. The fourth-order valence-electron chi connectivity index (χ4n) is 0.301. The standard InChI is InChI=1S/C5H10O4S/c1-4(2)9-5(6)7-3-8-10/h4,10H,3H2,1-2H3. The summed E-state index contributed by atoms with van der Waals surface area (Å²) in [7, 11) is 0. The summed E-state index contributed by atoms with van der Waals surface area (Å²) in [4.78, 5) is 10.5. The average molecular weight is 166 g/mol. The van der Waals surface area contributed by atoms with E-state index < -0.39 is 6.16 Å². The van der Waals surface area contributed by atoms with Gasteiger partial charge in [-0.05, 0) is 26.8 Å². The predicted molar refractivity (Wildman–Crippen MR) is 37.6 cm³/mol. The molecule has 0 N–H and O–H groups in total. The molecule has 0 bridgehead atoms. The van der Waals surface area contributed by atoms with E-state index in [4.69, 9.17) is 0 Å². The van der Waals surface area contributed by atoms with Crippen LogP contribution in [-0.4, -0.2) is 19.1 Å². The second-order valence-corrected chi connectivity index (χ2v) is 2.07. The third-order valence-electron chi connectivity index (χ3n) is 0.561. The number of hydrogen-bond donors (Lipinski definition) is 1. The zero-order valence-electron chi connectivity index (χ0n) is 5.86. The van der Waals surface area contributed by atoms with Gasteiger partial charge in [0.05, 0.1) is 6.10 Å². The number of rotatable bonds is 3. The first-order valence-electron chi connectivity index (χ1n) is 2.76. The Bertz CT molecular complexity index is 104. The van der Waals surface area contributed by atoms with E-state index in [1.807, 2.05) is 0 Å². The van der Waals surface area contributed by atoms with Crippen molar-refractivity contribution >= 4 is 19.1 Å². The fourth-order valence-corrected chi connectivity index (χ4v) is 0.354. The highest BCUT2D eigenvalue weighted by atomic mass is 32.1. The van der Waals surface area contributed by atoms with Crippen molar-refractivity contribution in [2.24, 2.45) is 0 Å². The average Bonchev–Trinajstić information content (AvgIpc) is 1.82. The maximum atomic E-state index is 10.5. The maximum Gasteiger partial charge on any atom is 0.510 e. The maximum absolute atomic E-state index is 10.5. The van der Waals surface area contributed by atoms with E-state index in [1.54, 1.807) is 13.8 Å². The van der Waals surface area contributed by atoms with Crippen molar-refractivity contribution in [1.82, 2.24) is 0 Å². The van der Waals surface area contributed by atoms with Crippen LogP contribution in [0.4, 0.5) is 4.79 Å². The molecule has 0 aliphatic heterocycles. The number of hydrogen-bond acceptors (Lipinski definition) is 5. The normalized spacial score (nSPS) is 9.60. The van der Waals surface area contributed by atoms with Crippen LogP contribution in [0.25, 0.3) is 0 Å². The lowest BCUT2D eigenvalue weighted by Crippen LogP contribution is -2.13. The Kier molecular flexibility index (Phi) is 5.15. The van der Waals surface area contributed by atoms with Gasteiger partial charge in [-0.25, -0.2) is 4.79 Å². The minimum Gasteiger partial charge on any atom is -0.432 e. The SMILES string of the molecule is CC(C)OC(=O)OCOS. The first-order valence-corrected chi connectivity index (χ1v) is 3.13. The van der Waals surface area contributed by atoms with E-state index >= 15 is 0 Å². The monoisotopic (exact) mass is 166 g/mol. The smallest absolute Gasteiger partial charge is 0.432 e. The molecule has 0 aliphatic carbocycles. The van der Waals surface area contributed by atoms with Crippen molar-refractivity contribution < 1.29 is 18.5 Å². The lowest BCUT2D eigenvalue weighted by Gasteiger charge is -2.06. The fraction of sp³-hybridized carbons (Fsp3) is 0.800. The molecule has 5 heteroatoms. The molecule has 4 nitrogen and oxygen atoms in total. The lowest BCUT2D eigenvalue weighted by atomic mass is 10.5. The molecule has 0 saturated heterocycles. The summed E-state index contributed by atoms with van der Waals surface area (Å²) in [5, 5.41) is 0. The van der Waals surface area contributed by atoms with E-state index in [0.29, 0.717) is 0 Å².